The molecule has 0 aliphatic rings. The van der Waals surface area contributed by atoms with Crippen LogP contribution in [0.5, 0.6) is 0 Å². The lowest BCUT2D eigenvalue weighted by Gasteiger charge is -2.03. The summed E-state index contributed by atoms with van der Waals surface area (Å²) in [7, 11) is 0. The van der Waals surface area contributed by atoms with Crippen molar-refractivity contribution in [1.82, 2.24) is 9.97 Å². The fourth-order valence-corrected chi connectivity index (χ4v) is 1.77. The molecular formula is C14H16N2O. The van der Waals surface area contributed by atoms with Crippen molar-refractivity contribution >= 4 is 0 Å². The van der Waals surface area contributed by atoms with Crippen molar-refractivity contribution in [2.45, 2.75) is 19.3 Å². The molecule has 0 spiro atoms. The number of aryl methyl sites for hydroxylation is 2. The number of hydrogen-bond acceptors (Lipinski definition) is 3. The summed E-state index contributed by atoms with van der Waals surface area (Å²) in [5, 5.41) is 8.89. The minimum Gasteiger partial charge on any atom is -0.396 e. The van der Waals surface area contributed by atoms with E-state index in [0.29, 0.717) is 6.42 Å². The van der Waals surface area contributed by atoms with E-state index >= 15 is 0 Å². The van der Waals surface area contributed by atoms with Gasteiger partial charge in [-0.2, -0.15) is 0 Å². The normalized spacial score (nSPS) is 10.4. The zero-order valence-electron chi connectivity index (χ0n) is 9.71. The van der Waals surface area contributed by atoms with Crippen molar-refractivity contribution in [1.29, 1.82) is 0 Å². The second-order valence-electron chi connectivity index (χ2n) is 3.98. The van der Waals surface area contributed by atoms with Gasteiger partial charge in [0.1, 0.15) is 0 Å². The molecule has 2 heterocycles. The summed E-state index contributed by atoms with van der Waals surface area (Å²) in [6.07, 6.45) is 8.02. The van der Waals surface area contributed by atoms with Crippen LogP contribution >= 0.6 is 0 Å². The molecule has 2 aromatic heterocycles. The van der Waals surface area contributed by atoms with Crippen LogP contribution < -0.4 is 0 Å². The van der Waals surface area contributed by atoms with Crippen LogP contribution in [0.3, 0.4) is 0 Å². The van der Waals surface area contributed by atoms with Crippen molar-refractivity contribution in [3.05, 3.63) is 59.7 Å². The lowest BCUT2D eigenvalue weighted by atomic mass is 10.1. The van der Waals surface area contributed by atoms with Gasteiger partial charge in [-0.15, -0.1) is 0 Å². The average Bonchev–Trinajstić information content (AvgIpc) is 2.39. The van der Waals surface area contributed by atoms with E-state index in [1.807, 2.05) is 36.8 Å². The minimum atomic E-state index is 0.188. The van der Waals surface area contributed by atoms with Crippen LogP contribution in [-0.4, -0.2) is 21.7 Å². The Morgan fingerprint density at radius 2 is 1.65 bits per heavy atom. The van der Waals surface area contributed by atoms with Gasteiger partial charge in [-0.05, 0) is 54.7 Å². The van der Waals surface area contributed by atoms with Crippen molar-refractivity contribution in [3.63, 3.8) is 0 Å². The van der Waals surface area contributed by atoms with Gasteiger partial charge in [-0.25, -0.2) is 0 Å². The molecular weight excluding hydrogens is 212 g/mol. The molecule has 0 amide bonds. The highest BCUT2D eigenvalue weighted by molar-refractivity contribution is 5.18. The van der Waals surface area contributed by atoms with Gasteiger partial charge >= 0.3 is 0 Å². The summed E-state index contributed by atoms with van der Waals surface area (Å²) in [6, 6.07) is 8.07. The van der Waals surface area contributed by atoms with Gasteiger partial charge < -0.3 is 5.11 Å². The number of aromatic nitrogens is 2. The Bertz CT molecular complexity index is 457. The lowest BCUT2D eigenvalue weighted by Crippen LogP contribution is -1.97. The van der Waals surface area contributed by atoms with Gasteiger partial charge in [-0.3, -0.25) is 9.97 Å². The smallest absolute Gasteiger partial charge is 0.0471 e. The third-order valence-corrected chi connectivity index (χ3v) is 2.70. The van der Waals surface area contributed by atoms with Crippen LogP contribution in [-0.2, 0) is 19.3 Å². The Morgan fingerprint density at radius 3 is 2.41 bits per heavy atom. The fraction of sp³-hybridized carbons (Fsp3) is 0.286. The van der Waals surface area contributed by atoms with Crippen molar-refractivity contribution in [2.75, 3.05) is 6.61 Å². The predicted octanol–water partition coefficient (Wildman–Crippen LogP) is 1.80. The quantitative estimate of drug-likeness (QED) is 0.848. The van der Waals surface area contributed by atoms with E-state index in [9.17, 15) is 0 Å². The van der Waals surface area contributed by atoms with Gasteiger partial charge in [-0.1, -0.05) is 0 Å². The monoisotopic (exact) mass is 228 g/mol. The Morgan fingerprint density at radius 1 is 0.882 bits per heavy atom. The molecule has 0 atom stereocenters. The molecule has 0 aromatic carbocycles. The first-order chi connectivity index (χ1) is 8.38. The van der Waals surface area contributed by atoms with Crippen molar-refractivity contribution in [2.24, 2.45) is 0 Å². The molecule has 0 saturated carbocycles. The summed E-state index contributed by atoms with van der Waals surface area (Å²) >= 11 is 0. The van der Waals surface area contributed by atoms with E-state index < -0.39 is 0 Å². The van der Waals surface area contributed by atoms with Gasteiger partial charge in [0.2, 0.25) is 0 Å². The highest BCUT2D eigenvalue weighted by Crippen LogP contribution is 2.07. The predicted molar refractivity (Wildman–Crippen MR) is 66.7 cm³/mol. The Balaban J connectivity index is 1.97. The van der Waals surface area contributed by atoms with Crippen molar-refractivity contribution in [3.8, 4) is 0 Å². The molecule has 0 unspecified atom stereocenters. The molecule has 1 N–H and O–H groups in total. The molecule has 0 radical (unpaired) electrons. The van der Waals surface area contributed by atoms with Crippen LogP contribution in [0.25, 0.3) is 0 Å². The minimum absolute atomic E-state index is 0.188. The van der Waals surface area contributed by atoms with E-state index in [0.717, 1.165) is 24.1 Å². The van der Waals surface area contributed by atoms with E-state index in [-0.39, 0.29) is 6.61 Å². The molecule has 17 heavy (non-hydrogen) atoms. The van der Waals surface area contributed by atoms with E-state index in [1.54, 1.807) is 0 Å². The molecule has 88 valence electrons. The molecule has 3 nitrogen and oxygen atoms in total. The highest BCUT2D eigenvalue weighted by atomic mass is 16.2. The summed E-state index contributed by atoms with van der Waals surface area (Å²) in [4.78, 5) is 8.33. The number of aliphatic hydroxyl groups is 1. The van der Waals surface area contributed by atoms with Crippen LogP contribution in [0.2, 0.25) is 0 Å². The molecule has 0 aliphatic carbocycles. The number of pyridine rings is 2. The van der Waals surface area contributed by atoms with Crippen LogP contribution in [0, 0.1) is 0 Å². The SMILES string of the molecule is OCCc1ccnc(CCc2ccncc2)c1. The number of hydrogen-bond donors (Lipinski definition) is 1. The first-order valence-electron chi connectivity index (χ1n) is 5.82. The fourth-order valence-electron chi connectivity index (χ4n) is 1.77. The van der Waals surface area contributed by atoms with Crippen LogP contribution in [0.4, 0.5) is 0 Å². The maximum absolute atomic E-state index is 8.89. The zero-order chi connectivity index (χ0) is 11.9. The summed E-state index contributed by atoms with van der Waals surface area (Å²) in [6.45, 7) is 0.188. The van der Waals surface area contributed by atoms with Gasteiger partial charge in [0.25, 0.3) is 0 Å². The standard InChI is InChI=1S/C14H16N2O/c17-10-6-13-5-9-16-14(11-13)2-1-12-3-7-15-8-4-12/h3-5,7-9,11,17H,1-2,6,10H2. The molecule has 0 bridgehead atoms. The average molecular weight is 228 g/mol. The lowest BCUT2D eigenvalue weighted by molar-refractivity contribution is 0.299. The first-order valence-corrected chi connectivity index (χ1v) is 5.82. The van der Waals surface area contributed by atoms with Crippen LogP contribution in [0.15, 0.2) is 42.9 Å². The van der Waals surface area contributed by atoms with E-state index in [1.165, 1.54) is 5.56 Å². The van der Waals surface area contributed by atoms with Crippen molar-refractivity contribution < 1.29 is 5.11 Å². The molecule has 0 aliphatic heterocycles. The van der Waals surface area contributed by atoms with Gasteiger partial charge in [0, 0.05) is 30.9 Å². The highest BCUT2D eigenvalue weighted by Gasteiger charge is 1.99. The number of aliphatic hydroxyl groups excluding tert-OH is 1. The van der Waals surface area contributed by atoms with Gasteiger partial charge in [0.05, 0.1) is 0 Å². The molecule has 0 saturated heterocycles. The molecule has 2 rings (SSSR count). The molecule has 3 heteroatoms. The summed E-state index contributed by atoms with van der Waals surface area (Å²) < 4.78 is 0. The maximum atomic E-state index is 8.89. The third kappa shape index (κ3) is 3.64. The van der Waals surface area contributed by atoms with E-state index in [4.69, 9.17) is 5.11 Å². The third-order valence-electron chi connectivity index (χ3n) is 2.70. The topological polar surface area (TPSA) is 46.0 Å². The largest absolute Gasteiger partial charge is 0.396 e. The maximum Gasteiger partial charge on any atom is 0.0471 e. The second kappa shape index (κ2) is 6.11. The Hall–Kier alpha value is -1.74. The molecule has 0 fully saturated rings. The summed E-state index contributed by atoms with van der Waals surface area (Å²) in [5.74, 6) is 0. The van der Waals surface area contributed by atoms with E-state index in [2.05, 4.69) is 16.0 Å². The van der Waals surface area contributed by atoms with Crippen LogP contribution in [0.1, 0.15) is 16.8 Å². The molecule has 2 aromatic rings. The Kier molecular flexibility index (Phi) is 4.22. The number of nitrogens with zero attached hydrogens (tertiary/aromatic N) is 2. The first kappa shape index (κ1) is 11.7. The zero-order valence-corrected chi connectivity index (χ0v) is 9.71. The second-order valence-corrected chi connectivity index (χ2v) is 3.98. The van der Waals surface area contributed by atoms with Gasteiger partial charge in [0.15, 0.2) is 0 Å². The number of rotatable bonds is 5. The summed E-state index contributed by atoms with van der Waals surface area (Å²) in [5.41, 5.74) is 3.49. The Labute approximate surface area is 101 Å².